The Labute approximate surface area is 165 Å². The summed E-state index contributed by atoms with van der Waals surface area (Å²) >= 11 is 2.45. The quantitative estimate of drug-likeness (QED) is 0.549. The van der Waals surface area contributed by atoms with Gasteiger partial charge in [-0.25, -0.2) is 9.59 Å². The van der Waals surface area contributed by atoms with Gasteiger partial charge in [0.25, 0.3) is 0 Å². The van der Waals surface area contributed by atoms with E-state index in [0.717, 1.165) is 16.2 Å². The molecule has 0 saturated carbocycles. The van der Waals surface area contributed by atoms with E-state index in [4.69, 9.17) is 19.9 Å². The fourth-order valence-corrected chi connectivity index (χ4v) is 3.64. The number of hydrogen-bond donors (Lipinski definition) is 1. The molecule has 0 aliphatic heterocycles. The lowest BCUT2D eigenvalue weighted by atomic mass is 10.1. The average molecular weight is 406 g/mol. The minimum absolute atomic E-state index is 0.112. The lowest BCUT2D eigenvalue weighted by molar-refractivity contribution is 0.0449. The van der Waals surface area contributed by atoms with Crippen LogP contribution in [0.25, 0.3) is 0 Å². The molecule has 27 heavy (non-hydrogen) atoms. The molecule has 1 heterocycles. The maximum absolute atomic E-state index is 12.5. The summed E-state index contributed by atoms with van der Waals surface area (Å²) in [5, 5.41) is 9.48. The van der Waals surface area contributed by atoms with Crippen molar-refractivity contribution in [3.63, 3.8) is 0 Å². The summed E-state index contributed by atoms with van der Waals surface area (Å²) < 4.78 is 15.5. The number of methoxy groups -OCH3 is 1. The second kappa shape index (κ2) is 9.30. The lowest BCUT2D eigenvalue weighted by Crippen LogP contribution is -2.11. The molecule has 1 aromatic heterocycles. The number of nitrogens with zero attached hydrogens (tertiary/aromatic N) is 1. The van der Waals surface area contributed by atoms with Gasteiger partial charge in [-0.05, 0) is 31.4 Å². The predicted molar refractivity (Wildman–Crippen MR) is 103 cm³/mol. The maximum atomic E-state index is 12.5. The van der Waals surface area contributed by atoms with Crippen molar-refractivity contribution in [1.82, 2.24) is 0 Å². The normalized spacial score (nSPS) is 10.1. The Morgan fingerprint density at radius 1 is 1.30 bits per heavy atom. The number of benzene rings is 1. The summed E-state index contributed by atoms with van der Waals surface area (Å²) in [5.74, 6) is -0.866. The minimum atomic E-state index is -0.636. The van der Waals surface area contributed by atoms with E-state index in [9.17, 15) is 14.9 Å². The standard InChI is InChI=1S/C18H18N2O5S2/c1-4-24-18(22)15-13(12(8-19)16(20)27-15)9-25-17(21)11-6-5-10(26-3)7-14(11)23-2/h5-7H,4,9,20H2,1-3H3. The largest absolute Gasteiger partial charge is 0.496 e. The first kappa shape index (κ1) is 20.6. The number of carbonyl (C=O) groups is 2. The second-order valence-corrected chi connectivity index (χ2v) is 7.06. The molecule has 9 heteroatoms. The van der Waals surface area contributed by atoms with Gasteiger partial charge in [0.1, 0.15) is 33.9 Å². The molecule has 2 aromatic rings. The van der Waals surface area contributed by atoms with Gasteiger partial charge in [0.15, 0.2) is 0 Å². The highest BCUT2D eigenvalue weighted by Crippen LogP contribution is 2.32. The van der Waals surface area contributed by atoms with Crippen molar-refractivity contribution in [2.45, 2.75) is 18.4 Å². The molecule has 0 bridgehead atoms. The van der Waals surface area contributed by atoms with Gasteiger partial charge in [-0.3, -0.25) is 0 Å². The third-order valence-corrected chi connectivity index (χ3v) is 5.35. The Bertz CT molecular complexity index is 902. The fraction of sp³-hybridized carbons (Fsp3) is 0.278. The SMILES string of the molecule is CCOC(=O)c1sc(N)c(C#N)c1COC(=O)c1ccc(SC)cc1OC. The topological polar surface area (TPSA) is 112 Å². The molecule has 7 nitrogen and oxygen atoms in total. The fourth-order valence-electron chi connectivity index (χ4n) is 2.29. The number of nitriles is 1. The van der Waals surface area contributed by atoms with E-state index in [1.807, 2.05) is 12.3 Å². The molecule has 2 rings (SSSR count). The van der Waals surface area contributed by atoms with Gasteiger partial charge in [0.2, 0.25) is 0 Å². The zero-order chi connectivity index (χ0) is 20.0. The van der Waals surface area contributed by atoms with Crippen LogP contribution >= 0.6 is 23.1 Å². The van der Waals surface area contributed by atoms with Gasteiger partial charge in [0, 0.05) is 10.5 Å². The van der Waals surface area contributed by atoms with Crippen LogP contribution in [0.5, 0.6) is 5.75 Å². The summed E-state index contributed by atoms with van der Waals surface area (Å²) in [7, 11) is 1.46. The van der Waals surface area contributed by atoms with Crippen molar-refractivity contribution >= 4 is 40.0 Å². The molecular formula is C18H18N2O5S2. The third kappa shape index (κ3) is 4.53. The van der Waals surface area contributed by atoms with Crippen LogP contribution in [-0.2, 0) is 16.1 Å². The number of ether oxygens (including phenoxy) is 3. The molecular weight excluding hydrogens is 388 g/mol. The second-order valence-electron chi connectivity index (χ2n) is 5.12. The van der Waals surface area contributed by atoms with Gasteiger partial charge in [0.05, 0.1) is 19.3 Å². The Kier molecular flexibility index (Phi) is 7.10. The van der Waals surface area contributed by atoms with Crippen molar-refractivity contribution in [3.05, 3.63) is 39.8 Å². The lowest BCUT2D eigenvalue weighted by Gasteiger charge is -2.10. The molecule has 0 amide bonds. The number of hydrogen-bond acceptors (Lipinski definition) is 9. The van der Waals surface area contributed by atoms with Crippen molar-refractivity contribution in [2.75, 3.05) is 25.7 Å². The van der Waals surface area contributed by atoms with Crippen LogP contribution < -0.4 is 10.5 Å². The van der Waals surface area contributed by atoms with Gasteiger partial charge in [-0.2, -0.15) is 5.26 Å². The number of carbonyl (C=O) groups excluding carboxylic acids is 2. The van der Waals surface area contributed by atoms with E-state index in [1.165, 1.54) is 18.9 Å². The van der Waals surface area contributed by atoms with Crippen molar-refractivity contribution in [3.8, 4) is 11.8 Å². The number of anilines is 1. The molecule has 0 aliphatic rings. The highest BCUT2D eigenvalue weighted by atomic mass is 32.2. The van der Waals surface area contributed by atoms with E-state index in [0.29, 0.717) is 5.75 Å². The van der Waals surface area contributed by atoms with E-state index in [-0.39, 0.29) is 39.8 Å². The Hall–Kier alpha value is -2.70. The molecule has 0 fully saturated rings. The third-order valence-electron chi connectivity index (χ3n) is 3.58. The summed E-state index contributed by atoms with van der Waals surface area (Å²) in [6.07, 6.45) is 1.91. The number of esters is 2. The van der Waals surface area contributed by atoms with Crippen LogP contribution in [0.1, 0.15) is 38.1 Å². The van der Waals surface area contributed by atoms with Crippen LogP contribution in [0, 0.1) is 11.3 Å². The van der Waals surface area contributed by atoms with E-state index in [2.05, 4.69) is 0 Å². The van der Waals surface area contributed by atoms with Crippen molar-refractivity contribution < 1.29 is 23.8 Å². The first-order valence-electron chi connectivity index (χ1n) is 7.84. The van der Waals surface area contributed by atoms with E-state index >= 15 is 0 Å². The van der Waals surface area contributed by atoms with Gasteiger partial charge in [-0.1, -0.05) is 0 Å². The van der Waals surface area contributed by atoms with Gasteiger partial charge >= 0.3 is 11.9 Å². The van der Waals surface area contributed by atoms with Crippen LogP contribution in [0.15, 0.2) is 23.1 Å². The maximum Gasteiger partial charge on any atom is 0.348 e. The summed E-state index contributed by atoms with van der Waals surface area (Å²) in [5.41, 5.74) is 6.41. The zero-order valence-electron chi connectivity index (χ0n) is 15.0. The number of thiophene rings is 1. The highest BCUT2D eigenvalue weighted by Gasteiger charge is 2.24. The predicted octanol–water partition coefficient (Wildman–Crippen LogP) is 3.47. The summed E-state index contributed by atoms with van der Waals surface area (Å²) in [6.45, 7) is 1.57. The first-order chi connectivity index (χ1) is 13.0. The number of thioether (sulfide) groups is 1. The molecule has 0 radical (unpaired) electrons. The van der Waals surface area contributed by atoms with Crippen LogP contribution in [-0.4, -0.2) is 31.9 Å². The number of rotatable bonds is 7. The molecule has 0 atom stereocenters. The van der Waals surface area contributed by atoms with Gasteiger partial charge in [-0.15, -0.1) is 23.1 Å². The monoisotopic (exact) mass is 406 g/mol. The van der Waals surface area contributed by atoms with Gasteiger partial charge < -0.3 is 19.9 Å². The first-order valence-corrected chi connectivity index (χ1v) is 9.88. The van der Waals surface area contributed by atoms with Crippen LogP contribution in [0.3, 0.4) is 0 Å². The molecule has 2 N–H and O–H groups in total. The molecule has 1 aromatic carbocycles. The smallest absolute Gasteiger partial charge is 0.348 e. The number of nitrogens with two attached hydrogens (primary N) is 1. The molecule has 0 unspecified atom stereocenters. The molecule has 0 saturated heterocycles. The van der Waals surface area contributed by atoms with Crippen LogP contribution in [0.2, 0.25) is 0 Å². The minimum Gasteiger partial charge on any atom is -0.496 e. The Morgan fingerprint density at radius 3 is 2.63 bits per heavy atom. The average Bonchev–Trinajstić information content (AvgIpc) is 3.01. The molecule has 0 aliphatic carbocycles. The molecule has 142 valence electrons. The summed E-state index contributed by atoms with van der Waals surface area (Å²) in [4.78, 5) is 25.7. The molecule has 0 spiro atoms. The van der Waals surface area contributed by atoms with Crippen LogP contribution in [0.4, 0.5) is 5.00 Å². The Balaban J connectivity index is 2.27. The van der Waals surface area contributed by atoms with E-state index in [1.54, 1.807) is 25.1 Å². The number of nitrogen functional groups attached to an aromatic ring is 1. The zero-order valence-corrected chi connectivity index (χ0v) is 16.7. The Morgan fingerprint density at radius 2 is 2.04 bits per heavy atom. The van der Waals surface area contributed by atoms with E-state index < -0.39 is 11.9 Å². The summed E-state index contributed by atoms with van der Waals surface area (Å²) in [6, 6.07) is 7.05. The highest BCUT2D eigenvalue weighted by molar-refractivity contribution is 7.98. The van der Waals surface area contributed by atoms with Crippen molar-refractivity contribution in [1.29, 1.82) is 5.26 Å². The van der Waals surface area contributed by atoms with Crippen molar-refractivity contribution in [2.24, 2.45) is 0 Å².